The predicted molar refractivity (Wildman–Crippen MR) is 123 cm³/mol. The van der Waals surface area contributed by atoms with Crippen molar-refractivity contribution < 1.29 is 18.7 Å². The Hall–Kier alpha value is -2.58. The van der Waals surface area contributed by atoms with Crippen LogP contribution in [-0.4, -0.2) is 29.2 Å². The van der Waals surface area contributed by atoms with Crippen LogP contribution in [0, 0.1) is 5.82 Å². The molecule has 0 bridgehead atoms. The lowest BCUT2D eigenvalue weighted by molar-refractivity contribution is -0.149. The van der Waals surface area contributed by atoms with Crippen LogP contribution in [0.5, 0.6) is 0 Å². The topological polar surface area (TPSA) is 73.3 Å². The number of aromatic nitrogens is 2. The second-order valence-electron chi connectivity index (χ2n) is 7.93. The number of nitrogens with zero attached hydrogens (tertiary/aromatic N) is 2. The average Bonchev–Trinajstić information content (AvgIpc) is 3.16. The molecule has 0 fully saturated rings. The maximum absolute atomic E-state index is 13.6. The van der Waals surface area contributed by atoms with Gasteiger partial charge in [-0.05, 0) is 55.4 Å². The summed E-state index contributed by atoms with van der Waals surface area (Å²) >= 11 is 1.71. The van der Waals surface area contributed by atoms with Gasteiger partial charge in [0.1, 0.15) is 29.7 Å². The van der Waals surface area contributed by atoms with Crippen molar-refractivity contribution >= 4 is 33.3 Å². The van der Waals surface area contributed by atoms with Gasteiger partial charge in [-0.2, -0.15) is 0 Å². The maximum Gasteiger partial charge on any atom is 0.332 e. The monoisotopic (exact) mass is 457 g/mol. The van der Waals surface area contributed by atoms with Gasteiger partial charge in [-0.25, -0.2) is 19.2 Å². The number of fused-ring (bicyclic) bond motifs is 3. The van der Waals surface area contributed by atoms with Crippen molar-refractivity contribution in [1.82, 2.24) is 9.97 Å². The summed E-state index contributed by atoms with van der Waals surface area (Å²) in [6, 6.07) is 6.53. The summed E-state index contributed by atoms with van der Waals surface area (Å²) < 4.78 is 24.2. The lowest BCUT2D eigenvalue weighted by Crippen LogP contribution is -2.14. The van der Waals surface area contributed by atoms with Gasteiger partial charge in [0.2, 0.25) is 0 Å². The SMILES string of the molecule is CCCCOC(=O)COCc1nc(NCc2cccc(F)c2)c2c3c(sc2n1)CCCC3. The molecule has 2 aromatic heterocycles. The zero-order chi connectivity index (χ0) is 22.3. The van der Waals surface area contributed by atoms with E-state index in [-0.39, 0.29) is 25.0 Å². The summed E-state index contributed by atoms with van der Waals surface area (Å²) in [5.74, 6) is 0.613. The molecule has 170 valence electrons. The number of carbonyl (C=O) groups excluding carboxylic acids is 1. The van der Waals surface area contributed by atoms with E-state index in [0.29, 0.717) is 19.0 Å². The van der Waals surface area contributed by atoms with Crippen molar-refractivity contribution in [3.05, 3.63) is 51.9 Å². The quantitative estimate of drug-likeness (QED) is 0.334. The third-order valence-corrected chi connectivity index (χ3v) is 6.61. The van der Waals surface area contributed by atoms with Gasteiger partial charge in [-0.15, -0.1) is 11.3 Å². The van der Waals surface area contributed by atoms with Crippen LogP contribution in [0.2, 0.25) is 0 Å². The van der Waals surface area contributed by atoms with Crippen LogP contribution in [-0.2, 0) is 40.3 Å². The highest BCUT2D eigenvalue weighted by Gasteiger charge is 2.21. The van der Waals surface area contributed by atoms with Crippen LogP contribution in [0.25, 0.3) is 10.2 Å². The molecular formula is C24H28FN3O3S. The first kappa shape index (κ1) is 22.6. The summed E-state index contributed by atoms with van der Waals surface area (Å²) in [4.78, 5) is 23.5. The Morgan fingerprint density at radius 1 is 1.25 bits per heavy atom. The number of carbonyl (C=O) groups is 1. The van der Waals surface area contributed by atoms with Crippen molar-refractivity contribution in [3.63, 3.8) is 0 Å². The number of benzene rings is 1. The third kappa shape index (κ3) is 5.61. The minimum atomic E-state index is -0.379. The van der Waals surface area contributed by atoms with Crippen molar-refractivity contribution in [3.8, 4) is 0 Å². The standard InChI is InChI=1S/C24H28FN3O3S/c1-2-3-11-31-21(29)15-30-14-20-27-23(26-13-16-7-6-8-17(25)12-16)22-18-9-4-5-10-19(18)32-24(22)28-20/h6-8,12H,2-5,9-11,13-15H2,1H3,(H,26,27,28). The number of aryl methyl sites for hydroxylation is 2. The first-order valence-electron chi connectivity index (χ1n) is 11.2. The molecule has 0 saturated carbocycles. The summed E-state index contributed by atoms with van der Waals surface area (Å²) in [6.45, 7) is 2.91. The summed E-state index contributed by atoms with van der Waals surface area (Å²) in [5, 5.41) is 4.44. The molecule has 4 rings (SSSR count). The minimum Gasteiger partial charge on any atom is -0.464 e. The fourth-order valence-electron chi connectivity index (χ4n) is 3.82. The Bertz CT molecular complexity index is 1090. The molecule has 2 heterocycles. The highest BCUT2D eigenvalue weighted by molar-refractivity contribution is 7.19. The van der Waals surface area contributed by atoms with Gasteiger partial charge in [0.15, 0.2) is 5.82 Å². The van der Waals surface area contributed by atoms with Crippen LogP contribution in [0.4, 0.5) is 10.2 Å². The first-order valence-corrected chi connectivity index (χ1v) is 12.0. The van der Waals surface area contributed by atoms with Crippen molar-refractivity contribution in [2.45, 2.75) is 58.6 Å². The Morgan fingerprint density at radius 3 is 2.97 bits per heavy atom. The number of esters is 1. The zero-order valence-corrected chi connectivity index (χ0v) is 19.1. The number of halogens is 1. The third-order valence-electron chi connectivity index (χ3n) is 5.42. The number of hydrogen-bond acceptors (Lipinski definition) is 7. The Kier molecular flexibility index (Phi) is 7.65. The lowest BCUT2D eigenvalue weighted by Gasteiger charge is -2.13. The molecule has 0 amide bonds. The van der Waals surface area contributed by atoms with Gasteiger partial charge in [0, 0.05) is 11.4 Å². The molecule has 1 aliphatic rings. The zero-order valence-electron chi connectivity index (χ0n) is 18.3. The van der Waals surface area contributed by atoms with Gasteiger partial charge in [0.05, 0.1) is 12.0 Å². The molecule has 0 atom stereocenters. The number of nitrogens with one attached hydrogen (secondary N) is 1. The minimum absolute atomic E-state index is 0.121. The molecule has 0 spiro atoms. The van der Waals surface area contributed by atoms with Gasteiger partial charge in [-0.3, -0.25) is 0 Å². The van der Waals surface area contributed by atoms with E-state index in [4.69, 9.17) is 19.4 Å². The van der Waals surface area contributed by atoms with Gasteiger partial charge in [0.25, 0.3) is 0 Å². The van der Waals surface area contributed by atoms with Crippen molar-refractivity contribution in [1.29, 1.82) is 0 Å². The highest BCUT2D eigenvalue weighted by Crippen LogP contribution is 2.38. The molecule has 0 radical (unpaired) electrons. The van der Waals surface area contributed by atoms with Crippen LogP contribution in [0.3, 0.4) is 0 Å². The van der Waals surface area contributed by atoms with Crippen molar-refractivity contribution in [2.24, 2.45) is 0 Å². The Morgan fingerprint density at radius 2 is 2.12 bits per heavy atom. The van der Waals surface area contributed by atoms with E-state index < -0.39 is 0 Å². The predicted octanol–water partition coefficient (Wildman–Crippen LogP) is 5.18. The van der Waals surface area contributed by atoms with Crippen molar-refractivity contribution in [2.75, 3.05) is 18.5 Å². The van der Waals surface area contributed by atoms with Crippen LogP contribution >= 0.6 is 11.3 Å². The summed E-state index contributed by atoms with van der Waals surface area (Å²) in [7, 11) is 0. The second kappa shape index (κ2) is 10.8. The lowest BCUT2D eigenvalue weighted by atomic mass is 9.97. The van der Waals surface area contributed by atoms with E-state index in [0.717, 1.165) is 53.7 Å². The number of anilines is 1. The summed E-state index contributed by atoms with van der Waals surface area (Å²) in [5.41, 5.74) is 2.17. The normalized spacial score (nSPS) is 13.2. The van der Waals surface area contributed by atoms with E-state index >= 15 is 0 Å². The molecule has 1 N–H and O–H groups in total. The molecule has 1 aliphatic carbocycles. The molecule has 8 heteroatoms. The van der Waals surface area contributed by atoms with Gasteiger partial charge in [-0.1, -0.05) is 25.5 Å². The van der Waals surface area contributed by atoms with Gasteiger partial charge < -0.3 is 14.8 Å². The van der Waals surface area contributed by atoms with E-state index in [1.165, 1.54) is 29.0 Å². The Labute approximate surface area is 191 Å². The molecule has 0 saturated heterocycles. The molecule has 1 aromatic carbocycles. The maximum atomic E-state index is 13.6. The van der Waals surface area contributed by atoms with Crippen LogP contribution in [0.15, 0.2) is 24.3 Å². The summed E-state index contributed by atoms with van der Waals surface area (Å²) in [6.07, 6.45) is 6.25. The van der Waals surface area contributed by atoms with Crippen LogP contribution in [0.1, 0.15) is 54.4 Å². The number of unbranched alkanes of at least 4 members (excludes halogenated alkanes) is 1. The first-order chi connectivity index (χ1) is 15.6. The fourth-order valence-corrected chi connectivity index (χ4v) is 5.10. The van der Waals surface area contributed by atoms with Crippen LogP contribution < -0.4 is 5.32 Å². The fraction of sp³-hybridized carbons (Fsp3) is 0.458. The molecule has 3 aromatic rings. The molecule has 0 unspecified atom stereocenters. The second-order valence-corrected chi connectivity index (χ2v) is 9.01. The smallest absolute Gasteiger partial charge is 0.332 e. The molecule has 32 heavy (non-hydrogen) atoms. The van der Waals surface area contributed by atoms with E-state index in [9.17, 15) is 9.18 Å². The highest BCUT2D eigenvalue weighted by atomic mass is 32.1. The molecule has 6 nitrogen and oxygen atoms in total. The van der Waals surface area contributed by atoms with E-state index in [2.05, 4.69) is 5.32 Å². The molecule has 0 aliphatic heterocycles. The number of thiophene rings is 1. The van der Waals surface area contributed by atoms with Gasteiger partial charge >= 0.3 is 5.97 Å². The molecular weight excluding hydrogens is 429 g/mol. The number of ether oxygens (including phenoxy) is 2. The number of hydrogen-bond donors (Lipinski definition) is 1. The largest absolute Gasteiger partial charge is 0.464 e. The number of rotatable bonds is 10. The van der Waals surface area contributed by atoms with E-state index in [1.54, 1.807) is 17.4 Å². The Balaban J connectivity index is 1.51. The average molecular weight is 458 g/mol. The van der Waals surface area contributed by atoms with E-state index in [1.807, 2.05) is 13.0 Å².